The number of aryl methyl sites for hydroxylation is 2. The van der Waals surface area contributed by atoms with Crippen LogP contribution >= 0.6 is 0 Å². The minimum atomic E-state index is -0.305. The van der Waals surface area contributed by atoms with E-state index >= 15 is 0 Å². The molecule has 0 spiro atoms. The monoisotopic (exact) mass is 363 g/mol. The predicted octanol–water partition coefficient (Wildman–Crippen LogP) is 4.76. The molecule has 5 heteroatoms. The number of unbranched alkanes of at least 4 members (excludes halogenated alkanes) is 1. The Kier molecular flexibility index (Phi) is 6.01. The Morgan fingerprint density at radius 3 is 2.48 bits per heavy atom. The normalized spacial score (nSPS) is 10.8. The summed E-state index contributed by atoms with van der Waals surface area (Å²) in [5.74, 6) is -0.305. The summed E-state index contributed by atoms with van der Waals surface area (Å²) in [5, 5.41) is 8.89. The zero-order valence-corrected chi connectivity index (χ0v) is 16.1. The molecule has 0 saturated carbocycles. The molecular formula is C22H25N3O2. The van der Waals surface area contributed by atoms with E-state index in [1.807, 2.05) is 35.0 Å². The average molecular weight is 363 g/mol. The Morgan fingerprint density at radius 2 is 1.81 bits per heavy atom. The van der Waals surface area contributed by atoms with Crippen LogP contribution in [0.1, 0.15) is 48.3 Å². The standard InChI is InChI=1S/C22H25N3O2/c1-4-6-10-19-21(17-12-14-18(15-13-17)22(26)27-5-2)25(24-23-19)20-11-8-7-9-16(20)3/h7-9,11-15H,4-6,10H2,1-3H3. The van der Waals surface area contributed by atoms with E-state index in [9.17, 15) is 4.79 Å². The molecule has 2 aromatic carbocycles. The maximum atomic E-state index is 11.9. The number of carbonyl (C=O) groups is 1. The van der Waals surface area contributed by atoms with Gasteiger partial charge in [-0.15, -0.1) is 5.10 Å². The first kappa shape index (κ1) is 18.8. The van der Waals surface area contributed by atoms with Gasteiger partial charge in [0.05, 0.1) is 29.2 Å². The lowest BCUT2D eigenvalue weighted by molar-refractivity contribution is 0.0526. The van der Waals surface area contributed by atoms with Crippen molar-refractivity contribution in [1.82, 2.24) is 15.0 Å². The van der Waals surface area contributed by atoms with Crippen molar-refractivity contribution in [2.45, 2.75) is 40.0 Å². The lowest BCUT2D eigenvalue weighted by atomic mass is 10.0. The Balaban J connectivity index is 2.05. The maximum Gasteiger partial charge on any atom is 0.338 e. The Hall–Kier alpha value is -2.95. The van der Waals surface area contributed by atoms with Crippen LogP contribution in [0, 0.1) is 6.92 Å². The van der Waals surface area contributed by atoms with E-state index in [0.29, 0.717) is 12.2 Å². The van der Waals surface area contributed by atoms with E-state index in [1.165, 1.54) is 0 Å². The molecule has 0 atom stereocenters. The summed E-state index contributed by atoms with van der Waals surface area (Å²) in [5.41, 5.74) is 5.64. The van der Waals surface area contributed by atoms with E-state index in [-0.39, 0.29) is 5.97 Å². The average Bonchev–Trinajstić information content (AvgIpc) is 3.10. The highest BCUT2D eigenvalue weighted by atomic mass is 16.5. The second kappa shape index (κ2) is 8.62. The summed E-state index contributed by atoms with van der Waals surface area (Å²) in [6.45, 7) is 6.40. The Morgan fingerprint density at radius 1 is 1.07 bits per heavy atom. The number of hydrogen-bond acceptors (Lipinski definition) is 4. The van der Waals surface area contributed by atoms with Gasteiger partial charge in [-0.05, 0) is 50.5 Å². The number of ether oxygens (including phenoxy) is 1. The van der Waals surface area contributed by atoms with Crippen LogP contribution in [0.4, 0.5) is 0 Å². The molecule has 0 unspecified atom stereocenters. The molecule has 0 aliphatic rings. The van der Waals surface area contributed by atoms with Gasteiger partial charge in [-0.25, -0.2) is 9.48 Å². The zero-order valence-electron chi connectivity index (χ0n) is 16.1. The van der Waals surface area contributed by atoms with Crippen molar-refractivity contribution in [3.05, 3.63) is 65.4 Å². The van der Waals surface area contributed by atoms with Crippen LogP contribution in [-0.4, -0.2) is 27.6 Å². The number of esters is 1. The van der Waals surface area contributed by atoms with Gasteiger partial charge in [0.15, 0.2) is 0 Å². The van der Waals surface area contributed by atoms with Gasteiger partial charge >= 0.3 is 5.97 Å². The number of nitrogens with zero attached hydrogens (tertiary/aromatic N) is 3. The van der Waals surface area contributed by atoms with E-state index in [2.05, 4.69) is 30.2 Å². The van der Waals surface area contributed by atoms with Crippen LogP contribution < -0.4 is 0 Å². The molecule has 0 aliphatic carbocycles. The van der Waals surface area contributed by atoms with Gasteiger partial charge in [-0.3, -0.25) is 0 Å². The first-order valence-electron chi connectivity index (χ1n) is 9.43. The molecule has 0 amide bonds. The highest BCUT2D eigenvalue weighted by molar-refractivity contribution is 5.90. The number of aromatic nitrogens is 3. The van der Waals surface area contributed by atoms with Crippen molar-refractivity contribution in [3.8, 4) is 16.9 Å². The molecule has 0 aliphatic heterocycles. The topological polar surface area (TPSA) is 57.0 Å². The minimum Gasteiger partial charge on any atom is -0.462 e. The van der Waals surface area contributed by atoms with Crippen molar-refractivity contribution >= 4 is 5.97 Å². The molecule has 0 fully saturated rings. The van der Waals surface area contributed by atoms with Crippen molar-refractivity contribution in [2.75, 3.05) is 6.61 Å². The molecular weight excluding hydrogens is 338 g/mol. The first-order valence-corrected chi connectivity index (χ1v) is 9.43. The highest BCUT2D eigenvalue weighted by Crippen LogP contribution is 2.28. The summed E-state index contributed by atoms with van der Waals surface area (Å²) in [4.78, 5) is 11.9. The van der Waals surface area contributed by atoms with E-state index in [0.717, 1.165) is 47.5 Å². The number of rotatable bonds is 7. The van der Waals surface area contributed by atoms with Crippen LogP contribution in [0.15, 0.2) is 48.5 Å². The minimum absolute atomic E-state index is 0.305. The Bertz CT molecular complexity index is 914. The van der Waals surface area contributed by atoms with E-state index in [1.54, 1.807) is 19.1 Å². The first-order chi connectivity index (χ1) is 13.2. The fraction of sp³-hybridized carbons (Fsp3) is 0.318. The summed E-state index contributed by atoms with van der Waals surface area (Å²) >= 11 is 0. The molecule has 0 saturated heterocycles. The van der Waals surface area contributed by atoms with Crippen molar-refractivity contribution in [3.63, 3.8) is 0 Å². The molecule has 1 aromatic heterocycles. The van der Waals surface area contributed by atoms with Gasteiger partial charge in [0, 0.05) is 5.56 Å². The SMILES string of the molecule is CCCCc1nnn(-c2ccccc2C)c1-c1ccc(C(=O)OCC)cc1. The summed E-state index contributed by atoms with van der Waals surface area (Å²) in [6, 6.07) is 15.6. The van der Waals surface area contributed by atoms with Gasteiger partial charge in [-0.2, -0.15) is 0 Å². The summed E-state index contributed by atoms with van der Waals surface area (Å²) < 4.78 is 6.98. The lowest BCUT2D eigenvalue weighted by Crippen LogP contribution is -2.05. The largest absolute Gasteiger partial charge is 0.462 e. The van der Waals surface area contributed by atoms with Gasteiger partial charge in [-0.1, -0.05) is 48.9 Å². The molecule has 5 nitrogen and oxygen atoms in total. The molecule has 0 radical (unpaired) electrons. The number of hydrogen-bond donors (Lipinski definition) is 0. The van der Waals surface area contributed by atoms with E-state index < -0.39 is 0 Å². The third kappa shape index (κ3) is 4.08. The van der Waals surface area contributed by atoms with Gasteiger partial charge in [0.1, 0.15) is 0 Å². The fourth-order valence-electron chi connectivity index (χ4n) is 3.06. The summed E-state index contributed by atoms with van der Waals surface area (Å²) in [7, 11) is 0. The van der Waals surface area contributed by atoms with Gasteiger partial charge in [0.25, 0.3) is 0 Å². The zero-order chi connectivity index (χ0) is 19.2. The van der Waals surface area contributed by atoms with Crippen LogP contribution in [-0.2, 0) is 11.2 Å². The second-order valence-corrected chi connectivity index (χ2v) is 6.48. The third-order valence-corrected chi connectivity index (χ3v) is 4.52. The smallest absolute Gasteiger partial charge is 0.338 e. The highest BCUT2D eigenvalue weighted by Gasteiger charge is 2.17. The second-order valence-electron chi connectivity index (χ2n) is 6.48. The fourth-order valence-corrected chi connectivity index (χ4v) is 3.06. The molecule has 1 heterocycles. The number of benzene rings is 2. The maximum absolute atomic E-state index is 11.9. The van der Waals surface area contributed by atoms with Crippen LogP contribution in [0.2, 0.25) is 0 Å². The van der Waals surface area contributed by atoms with Crippen molar-refractivity contribution in [1.29, 1.82) is 0 Å². The summed E-state index contributed by atoms with van der Waals surface area (Å²) in [6.07, 6.45) is 3.02. The molecule has 27 heavy (non-hydrogen) atoms. The van der Waals surface area contributed by atoms with Gasteiger partial charge in [0.2, 0.25) is 0 Å². The van der Waals surface area contributed by atoms with Crippen LogP contribution in [0.5, 0.6) is 0 Å². The molecule has 3 rings (SSSR count). The van der Waals surface area contributed by atoms with E-state index in [4.69, 9.17) is 4.74 Å². The lowest BCUT2D eigenvalue weighted by Gasteiger charge is -2.11. The molecule has 0 N–H and O–H groups in total. The quantitative estimate of drug-likeness (QED) is 0.568. The van der Waals surface area contributed by atoms with Crippen LogP contribution in [0.25, 0.3) is 16.9 Å². The number of carbonyl (C=O) groups excluding carboxylic acids is 1. The van der Waals surface area contributed by atoms with Crippen molar-refractivity contribution in [2.24, 2.45) is 0 Å². The molecule has 3 aromatic rings. The molecule has 0 bridgehead atoms. The Labute approximate surface area is 160 Å². The number of para-hydroxylation sites is 1. The third-order valence-electron chi connectivity index (χ3n) is 4.52. The molecule has 140 valence electrons. The van der Waals surface area contributed by atoms with Crippen LogP contribution in [0.3, 0.4) is 0 Å². The predicted molar refractivity (Wildman–Crippen MR) is 106 cm³/mol. The van der Waals surface area contributed by atoms with Gasteiger partial charge < -0.3 is 4.74 Å². The van der Waals surface area contributed by atoms with Crippen molar-refractivity contribution < 1.29 is 9.53 Å².